The Morgan fingerprint density at radius 1 is 1.40 bits per heavy atom. The lowest BCUT2D eigenvalue weighted by Gasteiger charge is -2.17. The second kappa shape index (κ2) is 5.80. The third kappa shape index (κ3) is 2.83. The smallest absolute Gasteiger partial charge is 0.276 e. The summed E-state index contributed by atoms with van der Waals surface area (Å²) in [5.41, 5.74) is 0.547. The average Bonchev–Trinajstić information content (AvgIpc) is 2.48. The lowest BCUT2D eigenvalue weighted by Crippen LogP contribution is -2.28. The zero-order valence-electron chi connectivity index (χ0n) is 10.5. The summed E-state index contributed by atoms with van der Waals surface area (Å²) in [4.78, 5) is 17.3. The molecule has 0 spiro atoms. The van der Waals surface area contributed by atoms with E-state index < -0.39 is 11.7 Å². The molecule has 1 aromatic heterocycles. The van der Waals surface area contributed by atoms with Gasteiger partial charge in [-0.1, -0.05) is 15.9 Å². The fourth-order valence-electron chi connectivity index (χ4n) is 1.64. The van der Waals surface area contributed by atoms with Crippen LogP contribution in [0.15, 0.2) is 41.0 Å². The number of halogens is 2. The molecule has 0 saturated carbocycles. The minimum Gasteiger partial charge on any atom is -0.307 e. The molecule has 0 N–H and O–H groups in total. The summed E-state index contributed by atoms with van der Waals surface area (Å²) >= 11 is 3.23. The van der Waals surface area contributed by atoms with E-state index >= 15 is 0 Å². The molecule has 2 aromatic rings. The van der Waals surface area contributed by atoms with Crippen LogP contribution >= 0.6 is 15.9 Å². The number of carbonyl (C=O) groups excluding carboxylic acids is 1. The highest BCUT2D eigenvalue weighted by Crippen LogP contribution is 2.24. The van der Waals surface area contributed by atoms with Crippen LogP contribution in [0.1, 0.15) is 16.1 Å². The fraction of sp³-hybridized carbons (Fsp3) is 0.0714. The number of nitriles is 1. The standard InChI is InChI=1S/C14H9BrFN3O/c1-19(13-7-10(15)2-3-11(13)16)14(20)12-6-9(8-17)4-5-18-12/h2-7H,1H3. The maximum atomic E-state index is 13.8. The van der Waals surface area contributed by atoms with E-state index in [2.05, 4.69) is 20.9 Å². The zero-order chi connectivity index (χ0) is 14.7. The van der Waals surface area contributed by atoms with Crippen molar-refractivity contribution in [3.63, 3.8) is 0 Å². The molecule has 0 aliphatic rings. The van der Waals surface area contributed by atoms with Gasteiger partial charge in [-0.15, -0.1) is 0 Å². The van der Waals surface area contributed by atoms with Gasteiger partial charge in [-0.05, 0) is 30.3 Å². The summed E-state index contributed by atoms with van der Waals surface area (Å²) < 4.78 is 14.4. The number of nitrogens with zero attached hydrogens (tertiary/aromatic N) is 3. The van der Waals surface area contributed by atoms with E-state index in [-0.39, 0.29) is 11.4 Å². The highest BCUT2D eigenvalue weighted by molar-refractivity contribution is 9.10. The molecule has 0 aliphatic heterocycles. The van der Waals surface area contributed by atoms with Crippen molar-refractivity contribution in [1.82, 2.24) is 4.98 Å². The van der Waals surface area contributed by atoms with Crippen LogP contribution < -0.4 is 4.90 Å². The number of hydrogen-bond acceptors (Lipinski definition) is 3. The molecule has 6 heteroatoms. The number of hydrogen-bond donors (Lipinski definition) is 0. The monoisotopic (exact) mass is 333 g/mol. The van der Waals surface area contributed by atoms with E-state index in [1.54, 1.807) is 6.07 Å². The first-order valence-electron chi connectivity index (χ1n) is 5.62. The third-order valence-corrected chi connectivity index (χ3v) is 3.18. The van der Waals surface area contributed by atoms with E-state index in [1.807, 2.05) is 6.07 Å². The topological polar surface area (TPSA) is 57.0 Å². The van der Waals surface area contributed by atoms with Gasteiger partial charge in [-0.25, -0.2) is 4.39 Å². The molecule has 0 radical (unpaired) electrons. The van der Waals surface area contributed by atoms with Crippen LogP contribution in [-0.2, 0) is 0 Å². The molecule has 1 amide bonds. The fourth-order valence-corrected chi connectivity index (χ4v) is 1.99. The van der Waals surface area contributed by atoms with Crippen molar-refractivity contribution in [3.05, 3.63) is 58.1 Å². The Bertz CT molecular complexity index is 712. The summed E-state index contributed by atoms with van der Waals surface area (Å²) in [7, 11) is 1.45. The normalized spacial score (nSPS) is 9.90. The number of amides is 1. The number of anilines is 1. The first-order chi connectivity index (χ1) is 9.52. The van der Waals surface area contributed by atoms with Crippen molar-refractivity contribution in [3.8, 4) is 6.07 Å². The van der Waals surface area contributed by atoms with Crippen LogP contribution in [-0.4, -0.2) is 17.9 Å². The van der Waals surface area contributed by atoms with E-state index in [4.69, 9.17) is 5.26 Å². The molecule has 100 valence electrons. The maximum Gasteiger partial charge on any atom is 0.276 e. The van der Waals surface area contributed by atoms with Gasteiger partial charge in [0.2, 0.25) is 0 Å². The Labute approximate surface area is 123 Å². The minimum absolute atomic E-state index is 0.0888. The summed E-state index contributed by atoms with van der Waals surface area (Å²) in [6, 6.07) is 9.11. The number of carbonyl (C=O) groups is 1. The van der Waals surface area contributed by atoms with E-state index in [1.165, 1.54) is 37.5 Å². The van der Waals surface area contributed by atoms with Gasteiger partial charge in [0.15, 0.2) is 0 Å². The Hall–Kier alpha value is -2.26. The minimum atomic E-state index is -0.513. The number of pyridine rings is 1. The number of rotatable bonds is 2. The summed E-state index contributed by atoms with van der Waals surface area (Å²) in [5.74, 6) is -1.00. The van der Waals surface area contributed by atoms with Crippen molar-refractivity contribution in [2.45, 2.75) is 0 Å². The first-order valence-corrected chi connectivity index (χ1v) is 6.41. The molecule has 20 heavy (non-hydrogen) atoms. The third-order valence-electron chi connectivity index (χ3n) is 2.68. The Morgan fingerprint density at radius 2 is 2.15 bits per heavy atom. The van der Waals surface area contributed by atoms with E-state index in [9.17, 15) is 9.18 Å². The summed E-state index contributed by atoms with van der Waals surface area (Å²) in [6.45, 7) is 0. The average molecular weight is 334 g/mol. The van der Waals surface area contributed by atoms with Crippen molar-refractivity contribution in [1.29, 1.82) is 5.26 Å². The molecule has 1 aromatic carbocycles. The molecule has 0 atom stereocenters. The second-order valence-electron chi connectivity index (χ2n) is 4.00. The Kier molecular flexibility index (Phi) is 4.11. The Balaban J connectivity index is 2.37. The molecular weight excluding hydrogens is 325 g/mol. The van der Waals surface area contributed by atoms with Gasteiger partial charge in [0, 0.05) is 17.7 Å². The SMILES string of the molecule is CN(C(=O)c1cc(C#N)ccn1)c1cc(Br)ccc1F. The molecule has 0 unspecified atom stereocenters. The zero-order valence-corrected chi connectivity index (χ0v) is 12.1. The van der Waals surface area contributed by atoms with Crippen molar-refractivity contribution < 1.29 is 9.18 Å². The quantitative estimate of drug-likeness (QED) is 0.848. The summed E-state index contributed by atoms with van der Waals surface area (Å²) in [5, 5.41) is 8.81. The largest absolute Gasteiger partial charge is 0.307 e. The van der Waals surface area contributed by atoms with Crippen molar-refractivity contribution in [2.75, 3.05) is 11.9 Å². The summed E-state index contributed by atoms with van der Waals surface area (Å²) in [6.07, 6.45) is 1.37. The predicted molar refractivity (Wildman–Crippen MR) is 75.8 cm³/mol. The van der Waals surface area contributed by atoms with Crippen LogP contribution in [0, 0.1) is 17.1 Å². The lowest BCUT2D eigenvalue weighted by atomic mass is 10.2. The highest BCUT2D eigenvalue weighted by atomic mass is 79.9. The van der Waals surface area contributed by atoms with Gasteiger partial charge in [-0.3, -0.25) is 9.78 Å². The van der Waals surface area contributed by atoms with Gasteiger partial charge in [0.1, 0.15) is 11.5 Å². The van der Waals surface area contributed by atoms with Crippen molar-refractivity contribution in [2.24, 2.45) is 0 Å². The van der Waals surface area contributed by atoms with Crippen LogP contribution in [0.25, 0.3) is 0 Å². The van der Waals surface area contributed by atoms with Gasteiger partial charge >= 0.3 is 0 Å². The number of aromatic nitrogens is 1. The van der Waals surface area contributed by atoms with Crippen LogP contribution in [0.5, 0.6) is 0 Å². The van der Waals surface area contributed by atoms with Gasteiger partial charge in [0.25, 0.3) is 5.91 Å². The van der Waals surface area contributed by atoms with Gasteiger partial charge < -0.3 is 4.90 Å². The van der Waals surface area contributed by atoms with Crippen LogP contribution in [0.4, 0.5) is 10.1 Å². The molecule has 4 nitrogen and oxygen atoms in total. The predicted octanol–water partition coefficient (Wildman–Crippen LogP) is 3.13. The molecule has 0 bridgehead atoms. The van der Waals surface area contributed by atoms with Gasteiger partial charge in [0.05, 0.1) is 17.3 Å². The van der Waals surface area contributed by atoms with Crippen LogP contribution in [0.2, 0.25) is 0 Å². The highest BCUT2D eigenvalue weighted by Gasteiger charge is 2.18. The molecule has 0 saturated heterocycles. The van der Waals surface area contributed by atoms with Crippen LogP contribution in [0.3, 0.4) is 0 Å². The maximum absolute atomic E-state index is 13.8. The molecule has 2 rings (SSSR count). The van der Waals surface area contributed by atoms with E-state index in [0.29, 0.717) is 10.0 Å². The van der Waals surface area contributed by atoms with Crippen molar-refractivity contribution >= 4 is 27.5 Å². The Morgan fingerprint density at radius 3 is 2.85 bits per heavy atom. The second-order valence-corrected chi connectivity index (χ2v) is 4.92. The molecule has 0 aliphatic carbocycles. The van der Waals surface area contributed by atoms with Gasteiger partial charge in [-0.2, -0.15) is 5.26 Å². The lowest BCUT2D eigenvalue weighted by molar-refractivity contribution is 0.0987. The molecule has 0 fully saturated rings. The first kappa shape index (κ1) is 14.2. The number of benzene rings is 1. The molecule has 1 heterocycles. The molecular formula is C14H9BrFN3O. The van der Waals surface area contributed by atoms with E-state index in [0.717, 1.165) is 4.90 Å².